The Labute approximate surface area is 116 Å². The highest BCUT2D eigenvalue weighted by molar-refractivity contribution is 5.67. The molecule has 0 aliphatic heterocycles. The van der Waals surface area contributed by atoms with Crippen molar-refractivity contribution in [3.8, 4) is 0 Å². The first-order valence-corrected chi connectivity index (χ1v) is 7.18. The van der Waals surface area contributed by atoms with E-state index in [4.69, 9.17) is 0 Å². The van der Waals surface area contributed by atoms with Gasteiger partial charge < -0.3 is 0 Å². The van der Waals surface area contributed by atoms with E-state index in [1.807, 2.05) is 0 Å². The molecular formula is C18H25F. The van der Waals surface area contributed by atoms with Crippen LogP contribution in [0.1, 0.15) is 65.0 Å². The molecule has 0 amide bonds. The van der Waals surface area contributed by atoms with Crippen molar-refractivity contribution in [2.24, 2.45) is 5.41 Å². The van der Waals surface area contributed by atoms with E-state index in [0.717, 1.165) is 24.0 Å². The molecule has 0 fully saturated rings. The van der Waals surface area contributed by atoms with Crippen LogP contribution in [-0.4, -0.2) is 0 Å². The topological polar surface area (TPSA) is 0 Å². The Morgan fingerprint density at radius 2 is 1.79 bits per heavy atom. The molecule has 1 aliphatic carbocycles. The SMILES string of the molecule is CC1(C)CCC=C(c2cc(F)cc(C(C)(C)C)c2)C1. The standard InChI is InChI=1S/C18H25F/c1-17(2,3)15-9-14(10-16(19)11-15)13-7-6-8-18(4,5)12-13/h7,9-11H,6,8,12H2,1-5H3. The monoisotopic (exact) mass is 260 g/mol. The minimum absolute atomic E-state index is 0.0123. The lowest BCUT2D eigenvalue weighted by molar-refractivity contribution is 0.338. The van der Waals surface area contributed by atoms with Crippen molar-refractivity contribution in [3.05, 3.63) is 41.2 Å². The molecular weight excluding hydrogens is 235 g/mol. The third kappa shape index (κ3) is 3.46. The van der Waals surface area contributed by atoms with E-state index >= 15 is 0 Å². The van der Waals surface area contributed by atoms with Gasteiger partial charge in [0, 0.05) is 0 Å². The van der Waals surface area contributed by atoms with Gasteiger partial charge in [-0.05, 0) is 58.9 Å². The minimum Gasteiger partial charge on any atom is -0.207 e. The fraction of sp³-hybridized carbons (Fsp3) is 0.556. The van der Waals surface area contributed by atoms with Gasteiger partial charge in [0.05, 0.1) is 0 Å². The molecule has 0 spiro atoms. The van der Waals surface area contributed by atoms with Gasteiger partial charge in [-0.3, -0.25) is 0 Å². The van der Waals surface area contributed by atoms with Crippen molar-refractivity contribution in [3.63, 3.8) is 0 Å². The molecule has 0 N–H and O–H groups in total. The second-order valence-corrected chi connectivity index (χ2v) is 7.59. The first-order chi connectivity index (χ1) is 8.67. The molecule has 1 heteroatoms. The summed E-state index contributed by atoms with van der Waals surface area (Å²) in [7, 11) is 0. The zero-order valence-electron chi connectivity index (χ0n) is 12.8. The normalized spacial score (nSPS) is 19.2. The van der Waals surface area contributed by atoms with Gasteiger partial charge >= 0.3 is 0 Å². The third-order valence-corrected chi connectivity index (χ3v) is 4.02. The second kappa shape index (κ2) is 4.77. The first-order valence-electron chi connectivity index (χ1n) is 7.18. The number of hydrogen-bond acceptors (Lipinski definition) is 0. The fourth-order valence-corrected chi connectivity index (χ4v) is 2.74. The molecule has 0 heterocycles. The van der Waals surface area contributed by atoms with Gasteiger partial charge in [0.15, 0.2) is 0 Å². The Morgan fingerprint density at radius 1 is 1.11 bits per heavy atom. The number of halogens is 1. The van der Waals surface area contributed by atoms with Crippen LogP contribution < -0.4 is 0 Å². The van der Waals surface area contributed by atoms with Crippen molar-refractivity contribution < 1.29 is 4.39 Å². The average Bonchev–Trinajstić information content (AvgIpc) is 2.25. The number of benzene rings is 1. The predicted octanol–water partition coefficient (Wildman–Crippen LogP) is 5.72. The zero-order chi connectivity index (χ0) is 14.3. The van der Waals surface area contributed by atoms with Crippen LogP contribution in [0.2, 0.25) is 0 Å². The molecule has 0 nitrogen and oxygen atoms in total. The maximum Gasteiger partial charge on any atom is 0.124 e. The molecule has 2 rings (SSSR count). The van der Waals surface area contributed by atoms with Crippen LogP contribution >= 0.6 is 0 Å². The van der Waals surface area contributed by atoms with Crippen LogP contribution in [0.5, 0.6) is 0 Å². The molecule has 0 atom stereocenters. The highest BCUT2D eigenvalue weighted by atomic mass is 19.1. The van der Waals surface area contributed by atoms with Gasteiger partial charge in [-0.2, -0.15) is 0 Å². The van der Waals surface area contributed by atoms with E-state index in [1.165, 1.54) is 12.0 Å². The van der Waals surface area contributed by atoms with E-state index in [1.54, 1.807) is 12.1 Å². The Hall–Kier alpha value is -1.11. The van der Waals surface area contributed by atoms with Crippen LogP contribution in [-0.2, 0) is 5.41 Å². The molecule has 0 unspecified atom stereocenters. The molecule has 0 saturated carbocycles. The molecule has 0 radical (unpaired) electrons. The summed E-state index contributed by atoms with van der Waals surface area (Å²) in [5.74, 6) is -0.119. The van der Waals surface area contributed by atoms with Crippen molar-refractivity contribution >= 4 is 5.57 Å². The Balaban J connectivity index is 2.41. The Morgan fingerprint density at radius 3 is 2.37 bits per heavy atom. The van der Waals surface area contributed by atoms with E-state index in [9.17, 15) is 4.39 Å². The van der Waals surface area contributed by atoms with Crippen LogP contribution in [0.15, 0.2) is 24.3 Å². The van der Waals surface area contributed by atoms with Gasteiger partial charge in [0.1, 0.15) is 5.82 Å². The molecule has 1 aliphatic rings. The van der Waals surface area contributed by atoms with Gasteiger partial charge in [0.25, 0.3) is 0 Å². The van der Waals surface area contributed by atoms with Crippen molar-refractivity contribution in [1.82, 2.24) is 0 Å². The van der Waals surface area contributed by atoms with E-state index in [0.29, 0.717) is 5.41 Å². The summed E-state index contributed by atoms with van der Waals surface area (Å²) in [4.78, 5) is 0. The van der Waals surface area contributed by atoms with Gasteiger partial charge in [-0.1, -0.05) is 46.8 Å². The lowest BCUT2D eigenvalue weighted by Gasteiger charge is -2.30. The Bertz CT molecular complexity index is 501. The van der Waals surface area contributed by atoms with Crippen LogP contribution in [0.3, 0.4) is 0 Å². The van der Waals surface area contributed by atoms with E-state index in [2.05, 4.69) is 46.8 Å². The van der Waals surface area contributed by atoms with Gasteiger partial charge in [0.2, 0.25) is 0 Å². The quantitative estimate of drug-likeness (QED) is 0.606. The number of rotatable bonds is 1. The smallest absolute Gasteiger partial charge is 0.124 e. The molecule has 0 aromatic heterocycles. The maximum atomic E-state index is 13.9. The maximum absolute atomic E-state index is 13.9. The molecule has 0 saturated heterocycles. The molecule has 1 aromatic rings. The van der Waals surface area contributed by atoms with Crippen LogP contribution in [0.25, 0.3) is 5.57 Å². The molecule has 104 valence electrons. The van der Waals surface area contributed by atoms with Crippen molar-refractivity contribution in [2.75, 3.05) is 0 Å². The summed E-state index contributed by atoms with van der Waals surface area (Å²) in [6, 6.07) is 5.51. The third-order valence-electron chi connectivity index (χ3n) is 4.02. The predicted molar refractivity (Wildman–Crippen MR) is 80.7 cm³/mol. The molecule has 1 aromatic carbocycles. The van der Waals surface area contributed by atoms with Gasteiger partial charge in [-0.15, -0.1) is 0 Å². The lowest BCUT2D eigenvalue weighted by Crippen LogP contribution is -2.16. The molecule has 19 heavy (non-hydrogen) atoms. The van der Waals surface area contributed by atoms with Crippen LogP contribution in [0, 0.1) is 11.2 Å². The zero-order valence-corrected chi connectivity index (χ0v) is 12.8. The summed E-state index contributed by atoms with van der Waals surface area (Å²) in [5, 5.41) is 0. The number of hydrogen-bond donors (Lipinski definition) is 0. The lowest BCUT2D eigenvalue weighted by atomic mass is 9.75. The number of allylic oxidation sites excluding steroid dienone is 2. The highest BCUT2D eigenvalue weighted by Gasteiger charge is 2.24. The van der Waals surface area contributed by atoms with E-state index in [-0.39, 0.29) is 11.2 Å². The van der Waals surface area contributed by atoms with E-state index < -0.39 is 0 Å². The fourth-order valence-electron chi connectivity index (χ4n) is 2.74. The first kappa shape index (κ1) is 14.3. The average molecular weight is 260 g/mol. The minimum atomic E-state index is -0.119. The van der Waals surface area contributed by atoms with Crippen LogP contribution in [0.4, 0.5) is 4.39 Å². The summed E-state index contributed by atoms with van der Waals surface area (Å²) in [6.07, 6.45) is 5.65. The molecule has 0 bridgehead atoms. The van der Waals surface area contributed by atoms with Crippen molar-refractivity contribution in [1.29, 1.82) is 0 Å². The van der Waals surface area contributed by atoms with Crippen molar-refractivity contribution in [2.45, 2.75) is 59.3 Å². The largest absolute Gasteiger partial charge is 0.207 e. The highest BCUT2D eigenvalue weighted by Crippen LogP contribution is 2.40. The summed E-state index contributed by atoms with van der Waals surface area (Å²) < 4.78 is 13.9. The summed E-state index contributed by atoms with van der Waals surface area (Å²) in [6.45, 7) is 11.0. The summed E-state index contributed by atoms with van der Waals surface area (Å²) >= 11 is 0. The summed E-state index contributed by atoms with van der Waals surface area (Å²) in [5.41, 5.74) is 3.77. The second-order valence-electron chi connectivity index (χ2n) is 7.59. The Kier molecular flexibility index (Phi) is 3.59. The van der Waals surface area contributed by atoms with Gasteiger partial charge in [-0.25, -0.2) is 4.39 Å².